The van der Waals surface area contributed by atoms with Crippen molar-refractivity contribution in [2.24, 2.45) is 0 Å². The predicted octanol–water partition coefficient (Wildman–Crippen LogP) is 1.48. The van der Waals surface area contributed by atoms with Crippen LogP contribution in [0.3, 0.4) is 0 Å². The molecule has 1 saturated heterocycles. The van der Waals surface area contributed by atoms with E-state index in [1.807, 2.05) is 0 Å². The van der Waals surface area contributed by atoms with E-state index < -0.39 is 10.0 Å². The lowest BCUT2D eigenvalue weighted by molar-refractivity contribution is -0.128. The lowest BCUT2D eigenvalue weighted by atomic mass is 10.2. The smallest absolute Gasteiger partial charge is 0.241 e. The van der Waals surface area contributed by atoms with Gasteiger partial charge in [-0.15, -0.1) is 0 Å². The van der Waals surface area contributed by atoms with Crippen LogP contribution in [0, 0.1) is 0 Å². The van der Waals surface area contributed by atoms with Gasteiger partial charge in [0.2, 0.25) is 15.9 Å². The summed E-state index contributed by atoms with van der Waals surface area (Å²) in [7, 11) is -3.62. The van der Waals surface area contributed by atoms with Gasteiger partial charge in [0.25, 0.3) is 0 Å². The number of nitrogens with zero attached hydrogens (tertiary/aromatic N) is 1. The maximum atomic E-state index is 12.1. The third kappa shape index (κ3) is 3.80. The minimum Gasteiger partial charge on any atom is -0.342 e. The van der Waals surface area contributed by atoms with Crippen molar-refractivity contribution in [2.45, 2.75) is 23.1 Å². The second-order valence-electron chi connectivity index (χ2n) is 4.69. The van der Waals surface area contributed by atoms with Gasteiger partial charge in [-0.05, 0) is 30.5 Å². The van der Waals surface area contributed by atoms with Gasteiger partial charge in [0.15, 0.2) is 0 Å². The molecule has 0 aromatic heterocycles. The Labute approximate surface area is 127 Å². The molecule has 1 aliphatic heterocycles. The van der Waals surface area contributed by atoms with Crippen LogP contribution in [0.15, 0.2) is 29.2 Å². The number of nitrogens with one attached hydrogen (secondary N) is 1. The third-order valence-corrected chi connectivity index (χ3v) is 5.32. The average molecular weight is 361 g/mol. The Morgan fingerprint density at radius 1 is 1.20 bits per heavy atom. The number of carbonyl (C=O) groups excluding carboxylic acids is 1. The first-order chi connectivity index (χ1) is 9.53. The summed E-state index contributed by atoms with van der Waals surface area (Å²) >= 11 is 3.30. The highest BCUT2D eigenvalue weighted by molar-refractivity contribution is 9.08. The molecule has 0 aliphatic carbocycles. The van der Waals surface area contributed by atoms with Gasteiger partial charge in [0.1, 0.15) is 0 Å². The van der Waals surface area contributed by atoms with Crippen molar-refractivity contribution in [3.63, 3.8) is 0 Å². The molecule has 0 saturated carbocycles. The highest BCUT2D eigenvalue weighted by Gasteiger charge is 2.20. The molecule has 1 fully saturated rings. The van der Waals surface area contributed by atoms with Crippen molar-refractivity contribution in [1.82, 2.24) is 9.62 Å². The van der Waals surface area contributed by atoms with Gasteiger partial charge in [-0.2, -0.15) is 0 Å². The van der Waals surface area contributed by atoms with Crippen molar-refractivity contribution < 1.29 is 13.2 Å². The van der Waals surface area contributed by atoms with Gasteiger partial charge in [-0.1, -0.05) is 28.1 Å². The Hall–Kier alpha value is -0.920. The van der Waals surface area contributed by atoms with Crippen molar-refractivity contribution in [3.05, 3.63) is 29.8 Å². The zero-order chi connectivity index (χ0) is 14.6. The quantitative estimate of drug-likeness (QED) is 0.808. The number of hydrogen-bond acceptors (Lipinski definition) is 3. The van der Waals surface area contributed by atoms with E-state index in [1.165, 1.54) is 0 Å². The van der Waals surface area contributed by atoms with Crippen LogP contribution >= 0.6 is 15.9 Å². The molecule has 1 heterocycles. The fourth-order valence-corrected chi connectivity index (χ4v) is 3.42. The molecule has 1 N–H and O–H groups in total. The summed E-state index contributed by atoms with van der Waals surface area (Å²) in [6.45, 7) is 1.27. The lowest BCUT2D eigenvalue weighted by Gasteiger charge is -2.15. The van der Waals surface area contributed by atoms with Crippen LogP contribution in [0.5, 0.6) is 0 Å². The number of benzene rings is 1. The molecule has 0 atom stereocenters. The Balaban J connectivity index is 1.97. The zero-order valence-corrected chi connectivity index (χ0v) is 13.4. The number of carbonyl (C=O) groups is 1. The molecule has 0 unspecified atom stereocenters. The fourth-order valence-electron chi connectivity index (χ4n) is 2.08. The zero-order valence-electron chi connectivity index (χ0n) is 11.0. The van der Waals surface area contributed by atoms with Crippen molar-refractivity contribution in [1.29, 1.82) is 0 Å². The fraction of sp³-hybridized carbons (Fsp3) is 0.462. The second kappa shape index (κ2) is 6.69. The molecular weight excluding hydrogens is 344 g/mol. The van der Waals surface area contributed by atoms with Crippen LogP contribution in [0.1, 0.15) is 18.4 Å². The topological polar surface area (TPSA) is 66.5 Å². The van der Waals surface area contributed by atoms with Gasteiger partial charge in [0, 0.05) is 18.4 Å². The van der Waals surface area contributed by atoms with E-state index in [0.717, 1.165) is 31.5 Å². The molecule has 1 amide bonds. The first-order valence-corrected chi connectivity index (χ1v) is 9.06. The molecule has 5 nitrogen and oxygen atoms in total. The number of sulfonamides is 1. The number of alkyl halides is 1. The van der Waals surface area contributed by atoms with E-state index >= 15 is 0 Å². The Morgan fingerprint density at radius 3 is 2.35 bits per heavy atom. The maximum absolute atomic E-state index is 12.1. The van der Waals surface area contributed by atoms with E-state index in [-0.39, 0.29) is 17.3 Å². The molecule has 0 spiro atoms. The Morgan fingerprint density at radius 2 is 1.80 bits per heavy atom. The molecule has 0 bridgehead atoms. The van der Waals surface area contributed by atoms with E-state index in [4.69, 9.17) is 0 Å². The summed E-state index contributed by atoms with van der Waals surface area (Å²) in [6, 6.07) is 6.57. The van der Waals surface area contributed by atoms with Crippen molar-refractivity contribution >= 4 is 31.9 Å². The summed E-state index contributed by atoms with van der Waals surface area (Å²) in [5, 5.41) is 0.675. The molecule has 20 heavy (non-hydrogen) atoms. The highest BCUT2D eigenvalue weighted by Crippen LogP contribution is 2.13. The van der Waals surface area contributed by atoms with E-state index in [2.05, 4.69) is 20.7 Å². The van der Waals surface area contributed by atoms with Gasteiger partial charge in [-0.25, -0.2) is 13.1 Å². The van der Waals surface area contributed by atoms with Crippen LogP contribution in [-0.4, -0.2) is 38.9 Å². The predicted molar refractivity (Wildman–Crippen MR) is 80.1 cm³/mol. The largest absolute Gasteiger partial charge is 0.342 e. The van der Waals surface area contributed by atoms with E-state index in [9.17, 15) is 13.2 Å². The van der Waals surface area contributed by atoms with Crippen LogP contribution in [0.25, 0.3) is 0 Å². The lowest BCUT2D eigenvalue weighted by Crippen LogP contribution is -2.38. The van der Waals surface area contributed by atoms with Gasteiger partial charge in [0.05, 0.1) is 11.4 Å². The molecular formula is C13H17BrN2O3S. The molecule has 1 aromatic rings. The Bertz CT molecular complexity index is 566. The number of hydrogen-bond donors (Lipinski definition) is 1. The summed E-state index contributed by atoms with van der Waals surface area (Å²) < 4.78 is 26.5. The molecule has 110 valence electrons. The molecule has 2 rings (SSSR count). The van der Waals surface area contributed by atoms with Crippen LogP contribution in [0.4, 0.5) is 0 Å². The maximum Gasteiger partial charge on any atom is 0.241 e. The second-order valence-corrected chi connectivity index (χ2v) is 7.02. The molecule has 1 aliphatic rings. The monoisotopic (exact) mass is 360 g/mol. The number of rotatable bonds is 5. The van der Waals surface area contributed by atoms with Crippen LogP contribution in [0.2, 0.25) is 0 Å². The van der Waals surface area contributed by atoms with E-state index in [1.54, 1.807) is 29.2 Å². The molecule has 0 radical (unpaired) electrons. The minimum atomic E-state index is -3.62. The van der Waals surface area contributed by atoms with Gasteiger partial charge >= 0.3 is 0 Å². The van der Waals surface area contributed by atoms with E-state index in [0.29, 0.717) is 5.33 Å². The normalized spacial score (nSPS) is 15.6. The number of halogens is 1. The number of likely N-dealkylation sites (tertiary alicyclic amines) is 1. The Kier molecular flexibility index (Phi) is 5.17. The standard InChI is InChI=1S/C13H17BrN2O3S/c14-9-11-3-5-12(6-4-11)20(18,19)15-10-13(17)16-7-1-2-8-16/h3-6,15H,1-2,7-10H2. The highest BCUT2D eigenvalue weighted by atomic mass is 79.9. The number of amides is 1. The average Bonchev–Trinajstić information content (AvgIpc) is 2.99. The first kappa shape index (κ1) is 15.5. The first-order valence-electron chi connectivity index (χ1n) is 6.45. The van der Waals surface area contributed by atoms with Crippen LogP contribution < -0.4 is 4.72 Å². The van der Waals surface area contributed by atoms with Gasteiger partial charge in [-0.3, -0.25) is 4.79 Å². The minimum absolute atomic E-state index is 0.164. The van der Waals surface area contributed by atoms with Crippen LogP contribution in [-0.2, 0) is 20.1 Å². The summed E-state index contributed by atoms with van der Waals surface area (Å²) in [6.07, 6.45) is 1.99. The molecule has 1 aromatic carbocycles. The summed E-state index contributed by atoms with van der Waals surface area (Å²) in [5.74, 6) is -0.164. The summed E-state index contributed by atoms with van der Waals surface area (Å²) in [5.41, 5.74) is 0.997. The van der Waals surface area contributed by atoms with Gasteiger partial charge < -0.3 is 4.90 Å². The van der Waals surface area contributed by atoms with Crippen molar-refractivity contribution in [2.75, 3.05) is 19.6 Å². The molecule has 7 heteroatoms. The third-order valence-electron chi connectivity index (χ3n) is 3.26. The SMILES string of the molecule is O=C(CNS(=O)(=O)c1ccc(CBr)cc1)N1CCCC1. The van der Waals surface area contributed by atoms with Crippen molar-refractivity contribution in [3.8, 4) is 0 Å². The summed E-state index contributed by atoms with van der Waals surface area (Å²) in [4.78, 5) is 13.7.